The zero-order valence-electron chi connectivity index (χ0n) is 10.2. The SMILES string of the molecule is C=C(C)C(=O)NC1(C)C2CC3C(=O)OC1C3C2. The summed E-state index contributed by atoms with van der Waals surface area (Å²) in [5.41, 5.74) is 0.0958. The molecule has 3 aliphatic rings. The molecule has 2 bridgehead atoms. The Balaban J connectivity index is 1.87. The molecule has 4 heteroatoms. The van der Waals surface area contributed by atoms with Gasteiger partial charge in [0, 0.05) is 11.5 Å². The van der Waals surface area contributed by atoms with Gasteiger partial charge in [-0.05, 0) is 32.6 Å². The minimum absolute atomic E-state index is 0.0733. The van der Waals surface area contributed by atoms with Crippen LogP contribution < -0.4 is 5.32 Å². The molecular formula is C13H17NO3. The summed E-state index contributed by atoms with van der Waals surface area (Å²) in [6.45, 7) is 7.33. The van der Waals surface area contributed by atoms with Gasteiger partial charge in [-0.25, -0.2) is 0 Å². The molecule has 0 spiro atoms. The molecule has 3 fully saturated rings. The predicted octanol–water partition coefficient (Wildman–Crippen LogP) is 1.02. The normalized spacial score (nSPS) is 45.9. The van der Waals surface area contributed by atoms with Crippen LogP contribution in [0.25, 0.3) is 0 Å². The Bertz CT molecular complexity index is 430. The van der Waals surface area contributed by atoms with E-state index in [0.717, 1.165) is 12.8 Å². The highest BCUT2D eigenvalue weighted by atomic mass is 16.6. The standard InChI is InChI=1S/C13H17NO3/c1-6(2)11(15)14-13(3)7-4-8-9(5-7)12(16)17-10(8)13/h7-10H,1,4-5H2,2-3H3,(H,14,15). The molecule has 17 heavy (non-hydrogen) atoms. The Hall–Kier alpha value is -1.32. The van der Waals surface area contributed by atoms with Crippen LogP contribution in [0.1, 0.15) is 26.7 Å². The topological polar surface area (TPSA) is 55.4 Å². The lowest BCUT2D eigenvalue weighted by atomic mass is 9.77. The number of carbonyl (C=O) groups is 2. The Morgan fingerprint density at radius 2 is 2.24 bits per heavy atom. The van der Waals surface area contributed by atoms with Gasteiger partial charge in [-0.1, -0.05) is 6.58 Å². The van der Waals surface area contributed by atoms with Gasteiger partial charge < -0.3 is 10.1 Å². The second kappa shape index (κ2) is 3.12. The summed E-state index contributed by atoms with van der Waals surface area (Å²) in [6.07, 6.45) is 1.71. The fourth-order valence-corrected chi connectivity index (χ4v) is 3.79. The van der Waals surface area contributed by atoms with Crippen molar-refractivity contribution in [1.82, 2.24) is 5.32 Å². The van der Waals surface area contributed by atoms with E-state index in [2.05, 4.69) is 11.9 Å². The monoisotopic (exact) mass is 235 g/mol. The van der Waals surface area contributed by atoms with Gasteiger partial charge in [0.15, 0.2) is 0 Å². The van der Waals surface area contributed by atoms with Crippen molar-refractivity contribution in [3.05, 3.63) is 12.2 Å². The van der Waals surface area contributed by atoms with Crippen molar-refractivity contribution in [1.29, 1.82) is 0 Å². The van der Waals surface area contributed by atoms with E-state index >= 15 is 0 Å². The quantitative estimate of drug-likeness (QED) is 0.574. The van der Waals surface area contributed by atoms with E-state index in [1.165, 1.54) is 0 Å². The van der Waals surface area contributed by atoms with Crippen molar-refractivity contribution in [2.45, 2.75) is 38.3 Å². The number of hydrogen-bond donors (Lipinski definition) is 1. The van der Waals surface area contributed by atoms with Crippen LogP contribution >= 0.6 is 0 Å². The molecule has 0 aromatic carbocycles. The summed E-state index contributed by atoms with van der Waals surface area (Å²) in [5, 5.41) is 3.02. The Morgan fingerprint density at radius 1 is 1.53 bits per heavy atom. The summed E-state index contributed by atoms with van der Waals surface area (Å²) < 4.78 is 5.45. The summed E-state index contributed by atoms with van der Waals surface area (Å²) in [7, 11) is 0. The summed E-state index contributed by atoms with van der Waals surface area (Å²) in [6, 6.07) is 0. The van der Waals surface area contributed by atoms with E-state index in [1.54, 1.807) is 6.92 Å². The molecule has 5 unspecified atom stereocenters. The van der Waals surface area contributed by atoms with Crippen LogP contribution in [0.15, 0.2) is 12.2 Å². The molecule has 4 nitrogen and oxygen atoms in total. The first-order valence-electron chi connectivity index (χ1n) is 6.12. The molecule has 1 amide bonds. The molecule has 3 rings (SSSR count). The first-order chi connectivity index (χ1) is 7.93. The second-order valence-electron chi connectivity index (χ2n) is 5.81. The number of fused-ring (bicyclic) bond motifs is 1. The maximum absolute atomic E-state index is 11.8. The van der Waals surface area contributed by atoms with Gasteiger partial charge in [-0.15, -0.1) is 0 Å². The molecule has 0 aromatic heterocycles. The van der Waals surface area contributed by atoms with Crippen molar-refractivity contribution in [2.24, 2.45) is 17.8 Å². The average molecular weight is 235 g/mol. The molecule has 1 heterocycles. The molecule has 1 N–H and O–H groups in total. The van der Waals surface area contributed by atoms with E-state index in [4.69, 9.17) is 4.74 Å². The van der Waals surface area contributed by atoms with Crippen molar-refractivity contribution >= 4 is 11.9 Å². The van der Waals surface area contributed by atoms with Crippen LogP contribution in [0.5, 0.6) is 0 Å². The Kier molecular flexibility index (Phi) is 1.98. The second-order valence-corrected chi connectivity index (χ2v) is 5.81. The van der Waals surface area contributed by atoms with E-state index < -0.39 is 5.54 Å². The van der Waals surface area contributed by atoms with Crippen LogP contribution in [-0.4, -0.2) is 23.5 Å². The first-order valence-corrected chi connectivity index (χ1v) is 6.12. The number of carbonyl (C=O) groups excluding carboxylic acids is 2. The molecule has 92 valence electrons. The van der Waals surface area contributed by atoms with Gasteiger partial charge in [-0.2, -0.15) is 0 Å². The van der Waals surface area contributed by atoms with Crippen LogP contribution in [0.4, 0.5) is 0 Å². The van der Waals surface area contributed by atoms with Gasteiger partial charge in [-0.3, -0.25) is 9.59 Å². The van der Waals surface area contributed by atoms with Crippen molar-refractivity contribution in [3.63, 3.8) is 0 Å². The molecular weight excluding hydrogens is 218 g/mol. The van der Waals surface area contributed by atoms with Gasteiger partial charge in [0.05, 0.1) is 11.5 Å². The fourth-order valence-electron chi connectivity index (χ4n) is 3.79. The predicted molar refractivity (Wildman–Crippen MR) is 60.9 cm³/mol. The average Bonchev–Trinajstić information content (AvgIpc) is 2.83. The number of nitrogens with one attached hydrogen (secondary N) is 1. The number of amides is 1. The van der Waals surface area contributed by atoms with Crippen molar-refractivity contribution in [3.8, 4) is 0 Å². The molecule has 1 aliphatic heterocycles. The van der Waals surface area contributed by atoms with Crippen LogP contribution in [0.2, 0.25) is 0 Å². The molecule has 0 radical (unpaired) electrons. The summed E-state index contributed by atoms with van der Waals surface area (Å²) >= 11 is 0. The number of rotatable bonds is 2. The Labute approximate surface area is 100 Å². The van der Waals surface area contributed by atoms with Crippen LogP contribution in [-0.2, 0) is 14.3 Å². The minimum atomic E-state index is -0.399. The Morgan fingerprint density at radius 3 is 2.88 bits per heavy atom. The van der Waals surface area contributed by atoms with Gasteiger partial charge >= 0.3 is 5.97 Å². The lowest BCUT2D eigenvalue weighted by Gasteiger charge is -2.37. The van der Waals surface area contributed by atoms with E-state index in [1.807, 2.05) is 6.92 Å². The molecule has 5 atom stereocenters. The zero-order chi connectivity index (χ0) is 12.4. The van der Waals surface area contributed by atoms with Crippen LogP contribution in [0, 0.1) is 17.8 Å². The number of esters is 1. The zero-order valence-corrected chi connectivity index (χ0v) is 10.2. The van der Waals surface area contributed by atoms with Gasteiger partial charge in [0.25, 0.3) is 0 Å². The van der Waals surface area contributed by atoms with Gasteiger partial charge in [0.1, 0.15) is 6.10 Å². The number of ether oxygens (including phenoxy) is 1. The molecule has 2 saturated carbocycles. The fraction of sp³-hybridized carbons (Fsp3) is 0.692. The van der Waals surface area contributed by atoms with E-state index in [0.29, 0.717) is 17.4 Å². The lowest BCUT2D eigenvalue weighted by molar-refractivity contribution is -0.145. The molecule has 1 saturated heterocycles. The largest absolute Gasteiger partial charge is 0.459 e. The maximum atomic E-state index is 11.8. The first kappa shape index (κ1) is 10.8. The third-order valence-corrected chi connectivity index (χ3v) is 4.76. The summed E-state index contributed by atoms with van der Waals surface area (Å²) in [4.78, 5) is 23.4. The minimum Gasteiger partial charge on any atom is -0.459 e. The smallest absolute Gasteiger partial charge is 0.309 e. The molecule has 2 aliphatic carbocycles. The van der Waals surface area contributed by atoms with Crippen molar-refractivity contribution < 1.29 is 14.3 Å². The highest BCUT2D eigenvalue weighted by Gasteiger charge is 2.67. The van der Waals surface area contributed by atoms with Crippen molar-refractivity contribution in [2.75, 3.05) is 0 Å². The third-order valence-electron chi connectivity index (χ3n) is 4.76. The maximum Gasteiger partial charge on any atom is 0.309 e. The molecule has 0 aromatic rings. The van der Waals surface area contributed by atoms with Crippen LogP contribution in [0.3, 0.4) is 0 Å². The summed E-state index contributed by atoms with van der Waals surface area (Å²) in [5.74, 6) is 0.537. The lowest BCUT2D eigenvalue weighted by Crippen LogP contribution is -2.57. The highest BCUT2D eigenvalue weighted by Crippen LogP contribution is 2.58. The van der Waals surface area contributed by atoms with E-state index in [9.17, 15) is 9.59 Å². The van der Waals surface area contributed by atoms with E-state index in [-0.39, 0.29) is 23.9 Å². The third kappa shape index (κ3) is 1.24. The highest BCUT2D eigenvalue weighted by molar-refractivity contribution is 5.93. The number of hydrogen-bond acceptors (Lipinski definition) is 3. The van der Waals surface area contributed by atoms with Gasteiger partial charge in [0.2, 0.25) is 5.91 Å².